The summed E-state index contributed by atoms with van der Waals surface area (Å²) in [5.74, 6) is 0.832. The van der Waals surface area contributed by atoms with Crippen LogP contribution in [0.4, 0.5) is 5.69 Å². The number of hydrogen-bond donors (Lipinski definition) is 1. The Labute approximate surface area is 118 Å². The summed E-state index contributed by atoms with van der Waals surface area (Å²) < 4.78 is 0. The lowest BCUT2D eigenvalue weighted by molar-refractivity contribution is 0.679. The number of aromatic nitrogens is 1. The van der Waals surface area contributed by atoms with Crippen molar-refractivity contribution in [1.82, 2.24) is 10.7 Å². The van der Waals surface area contributed by atoms with Gasteiger partial charge in [-0.1, -0.05) is 18.2 Å². The molecule has 0 fully saturated rings. The zero-order valence-corrected chi connectivity index (χ0v) is 11.6. The van der Waals surface area contributed by atoms with Crippen molar-refractivity contribution in [1.29, 1.82) is 0 Å². The first-order chi connectivity index (χ1) is 9.34. The third kappa shape index (κ3) is 5.32. The highest BCUT2D eigenvalue weighted by atomic mass is 32.2. The van der Waals surface area contributed by atoms with Crippen LogP contribution in [-0.2, 0) is 0 Å². The van der Waals surface area contributed by atoms with Gasteiger partial charge in [0.1, 0.15) is 0 Å². The molecular weight excluding hydrogens is 254 g/mol. The molecule has 1 heterocycles. The van der Waals surface area contributed by atoms with Gasteiger partial charge in [0.05, 0.1) is 5.69 Å². The smallest absolute Gasteiger partial charge is 0.0526 e. The second-order valence-electron chi connectivity index (χ2n) is 4.28. The van der Waals surface area contributed by atoms with Gasteiger partial charge >= 0.3 is 0 Å². The number of pyridine rings is 1. The van der Waals surface area contributed by atoms with Gasteiger partial charge < -0.3 is 5.32 Å². The van der Waals surface area contributed by atoms with E-state index < -0.39 is 0 Å². The molecule has 4 heteroatoms. The number of benzene rings is 1. The Kier molecular flexibility index (Phi) is 5.72. The molecule has 0 bridgehead atoms. The maximum absolute atomic E-state index is 8.01. The van der Waals surface area contributed by atoms with Crippen molar-refractivity contribution in [2.75, 3.05) is 17.6 Å². The van der Waals surface area contributed by atoms with Crippen LogP contribution in [0, 0.1) is 0 Å². The molecule has 99 valence electrons. The van der Waals surface area contributed by atoms with Crippen molar-refractivity contribution in [3.8, 4) is 0 Å². The van der Waals surface area contributed by atoms with E-state index in [1.807, 2.05) is 30.3 Å². The van der Waals surface area contributed by atoms with Crippen LogP contribution in [-0.4, -0.2) is 23.3 Å². The SMILES string of the molecule is [NH][C@H](CCNc1cccnc1)CSc1ccccc1. The number of anilines is 1. The molecule has 2 aromatic rings. The van der Waals surface area contributed by atoms with Gasteiger partial charge in [-0.15, -0.1) is 11.8 Å². The van der Waals surface area contributed by atoms with Gasteiger partial charge in [-0.25, -0.2) is 0 Å². The Bertz CT molecular complexity index is 461. The van der Waals surface area contributed by atoms with E-state index in [-0.39, 0.29) is 6.04 Å². The minimum Gasteiger partial charge on any atom is -0.384 e. The highest BCUT2D eigenvalue weighted by Gasteiger charge is 2.04. The monoisotopic (exact) mass is 272 g/mol. The molecule has 1 atom stereocenters. The highest BCUT2D eigenvalue weighted by Crippen LogP contribution is 2.18. The van der Waals surface area contributed by atoms with Crippen LogP contribution >= 0.6 is 11.8 Å². The topological polar surface area (TPSA) is 48.7 Å². The fraction of sp³-hybridized carbons (Fsp3) is 0.267. The quantitative estimate of drug-likeness (QED) is 0.786. The van der Waals surface area contributed by atoms with Crippen LogP contribution in [0.15, 0.2) is 59.8 Å². The number of nitrogens with zero attached hydrogens (tertiary/aromatic N) is 1. The van der Waals surface area contributed by atoms with Gasteiger partial charge in [0, 0.05) is 35.6 Å². The first-order valence-corrected chi connectivity index (χ1v) is 7.36. The Morgan fingerprint density at radius 3 is 2.74 bits per heavy atom. The summed E-state index contributed by atoms with van der Waals surface area (Å²) in [5.41, 5.74) is 9.03. The summed E-state index contributed by atoms with van der Waals surface area (Å²) >= 11 is 1.75. The van der Waals surface area contributed by atoms with Crippen molar-refractivity contribution in [2.45, 2.75) is 17.4 Å². The van der Waals surface area contributed by atoms with Crippen LogP contribution < -0.4 is 11.1 Å². The molecule has 0 unspecified atom stereocenters. The van der Waals surface area contributed by atoms with E-state index in [1.54, 1.807) is 24.2 Å². The van der Waals surface area contributed by atoms with Gasteiger partial charge in [-0.3, -0.25) is 10.7 Å². The van der Waals surface area contributed by atoms with Gasteiger partial charge in [0.25, 0.3) is 0 Å². The third-order valence-corrected chi connectivity index (χ3v) is 3.85. The first kappa shape index (κ1) is 13.9. The zero-order valence-electron chi connectivity index (χ0n) is 10.8. The molecule has 0 saturated carbocycles. The van der Waals surface area contributed by atoms with Gasteiger partial charge in [-0.05, 0) is 30.7 Å². The molecule has 1 radical (unpaired) electrons. The molecule has 0 aliphatic rings. The largest absolute Gasteiger partial charge is 0.384 e. The summed E-state index contributed by atoms with van der Waals surface area (Å²) in [4.78, 5) is 5.28. The molecule has 0 spiro atoms. The molecular formula is C15H18N3S. The number of thioether (sulfide) groups is 1. The molecule has 1 aromatic heterocycles. The molecule has 2 N–H and O–H groups in total. The minimum absolute atomic E-state index is 0.0469. The van der Waals surface area contributed by atoms with Crippen molar-refractivity contribution in [2.24, 2.45) is 0 Å². The fourth-order valence-electron chi connectivity index (χ4n) is 1.65. The summed E-state index contributed by atoms with van der Waals surface area (Å²) in [5, 5.41) is 3.28. The Morgan fingerprint density at radius 2 is 2.00 bits per heavy atom. The summed E-state index contributed by atoms with van der Waals surface area (Å²) in [6.45, 7) is 0.815. The maximum Gasteiger partial charge on any atom is 0.0526 e. The summed E-state index contributed by atoms with van der Waals surface area (Å²) in [7, 11) is 0. The Morgan fingerprint density at radius 1 is 1.16 bits per heavy atom. The van der Waals surface area contributed by atoms with E-state index in [0.29, 0.717) is 0 Å². The standard InChI is InChI=1S/C15H18N3S/c16-13(12-19-15-6-2-1-3-7-15)8-10-18-14-5-4-9-17-11-14/h1-7,9,11,13,16,18H,8,10,12H2/t13-/m1/s1. The normalized spacial score (nSPS) is 12.1. The minimum atomic E-state index is -0.0469. The van der Waals surface area contributed by atoms with E-state index >= 15 is 0 Å². The second-order valence-corrected chi connectivity index (χ2v) is 5.37. The average molecular weight is 272 g/mol. The van der Waals surface area contributed by atoms with Crippen molar-refractivity contribution in [3.05, 3.63) is 54.9 Å². The number of hydrogen-bond acceptors (Lipinski definition) is 3. The van der Waals surface area contributed by atoms with Gasteiger partial charge in [0.2, 0.25) is 0 Å². The van der Waals surface area contributed by atoms with Gasteiger partial charge in [0.15, 0.2) is 0 Å². The highest BCUT2D eigenvalue weighted by molar-refractivity contribution is 7.99. The van der Waals surface area contributed by atoms with E-state index in [2.05, 4.69) is 22.4 Å². The third-order valence-electron chi connectivity index (χ3n) is 2.68. The average Bonchev–Trinajstić information content (AvgIpc) is 2.47. The van der Waals surface area contributed by atoms with E-state index in [1.165, 1.54) is 4.90 Å². The van der Waals surface area contributed by atoms with Crippen molar-refractivity contribution >= 4 is 17.4 Å². The van der Waals surface area contributed by atoms with Gasteiger partial charge in [-0.2, -0.15) is 0 Å². The van der Waals surface area contributed by atoms with Crippen LogP contribution in [0.1, 0.15) is 6.42 Å². The zero-order chi connectivity index (χ0) is 13.3. The molecule has 0 amide bonds. The molecule has 1 aromatic carbocycles. The summed E-state index contributed by atoms with van der Waals surface area (Å²) in [6, 6.07) is 14.1. The summed E-state index contributed by atoms with van der Waals surface area (Å²) in [6.07, 6.45) is 4.40. The van der Waals surface area contributed by atoms with Crippen LogP contribution in [0.2, 0.25) is 0 Å². The lowest BCUT2D eigenvalue weighted by atomic mass is 10.2. The van der Waals surface area contributed by atoms with Crippen molar-refractivity contribution in [3.63, 3.8) is 0 Å². The van der Waals surface area contributed by atoms with Crippen LogP contribution in [0.3, 0.4) is 0 Å². The molecule has 0 aliphatic heterocycles. The molecule has 0 aliphatic carbocycles. The Hall–Kier alpha value is -1.52. The second kappa shape index (κ2) is 7.81. The lowest BCUT2D eigenvalue weighted by Crippen LogP contribution is -2.17. The fourth-order valence-corrected chi connectivity index (χ4v) is 2.56. The van der Waals surface area contributed by atoms with Crippen LogP contribution in [0.5, 0.6) is 0 Å². The Balaban J connectivity index is 1.64. The maximum atomic E-state index is 8.01. The molecule has 0 saturated heterocycles. The molecule has 19 heavy (non-hydrogen) atoms. The van der Waals surface area contributed by atoms with E-state index in [0.717, 1.165) is 24.4 Å². The lowest BCUT2D eigenvalue weighted by Gasteiger charge is -2.11. The predicted molar refractivity (Wildman–Crippen MR) is 81.4 cm³/mol. The van der Waals surface area contributed by atoms with Crippen LogP contribution in [0.25, 0.3) is 0 Å². The first-order valence-electron chi connectivity index (χ1n) is 6.37. The predicted octanol–water partition coefficient (Wildman–Crippen LogP) is 3.33. The number of rotatable bonds is 7. The molecule has 2 rings (SSSR count). The van der Waals surface area contributed by atoms with E-state index in [4.69, 9.17) is 5.73 Å². The van der Waals surface area contributed by atoms with E-state index in [9.17, 15) is 0 Å². The number of nitrogens with one attached hydrogen (secondary N) is 2. The van der Waals surface area contributed by atoms with Crippen molar-refractivity contribution < 1.29 is 0 Å². The molecule has 3 nitrogen and oxygen atoms in total.